The third kappa shape index (κ3) is 4.43. The fourth-order valence-corrected chi connectivity index (χ4v) is 2.19. The number of halogens is 3. The molecule has 0 spiro atoms. The Bertz CT molecular complexity index is 784. The monoisotopic (exact) mass is 355 g/mol. The SMILES string of the molecule is CCCC(=O)NC(=O)c1ccc(-c2noc(C(F)(F)F)n2)cc1CC. The first-order valence-corrected chi connectivity index (χ1v) is 7.64. The second kappa shape index (κ2) is 7.45. The minimum atomic E-state index is -4.72. The predicted molar refractivity (Wildman–Crippen MR) is 81.5 cm³/mol. The largest absolute Gasteiger partial charge is 0.471 e. The predicted octanol–water partition coefficient (Wildman–Crippen LogP) is 3.37. The number of hydrogen-bond donors (Lipinski definition) is 1. The Morgan fingerprint density at radius 1 is 1.24 bits per heavy atom. The van der Waals surface area contributed by atoms with Crippen molar-refractivity contribution >= 4 is 11.8 Å². The van der Waals surface area contributed by atoms with Crippen LogP contribution in [0.2, 0.25) is 0 Å². The number of aromatic nitrogens is 2. The summed E-state index contributed by atoms with van der Waals surface area (Å²) in [5.74, 6) is -2.60. The van der Waals surface area contributed by atoms with Crippen molar-refractivity contribution in [3.63, 3.8) is 0 Å². The zero-order valence-electron chi connectivity index (χ0n) is 13.6. The minimum Gasteiger partial charge on any atom is -0.329 e. The van der Waals surface area contributed by atoms with E-state index in [1.807, 2.05) is 6.92 Å². The summed E-state index contributed by atoms with van der Waals surface area (Å²) >= 11 is 0. The van der Waals surface area contributed by atoms with Crippen LogP contribution in [0.5, 0.6) is 0 Å². The maximum atomic E-state index is 12.5. The number of benzene rings is 1. The van der Waals surface area contributed by atoms with Gasteiger partial charge in [-0.1, -0.05) is 25.1 Å². The molecule has 134 valence electrons. The molecule has 0 unspecified atom stereocenters. The van der Waals surface area contributed by atoms with E-state index in [0.717, 1.165) is 0 Å². The van der Waals surface area contributed by atoms with Crippen LogP contribution in [0.15, 0.2) is 22.7 Å². The maximum absolute atomic E-state index is 12.5. The Labute approximate surface area is 141 Å². The van der Waals surface area contributed by atoms with Gasteiger partial charge in [-0.15, -0.1) is 0 Å². The Balaban J connectivity index is 2.28. The van der Waals surface area contributed by atoms with E-state index in [4.69, 9.17) is 0 Å². The van der Waals surface area contributed by atoms with Crippen molar-refractivity contribution in [2.45, 2.75) is 39.3 Å². The first kappa shape index (κ1) is 18.6. The zero-order valence-corrected chi connectivity index (χ0v) is 13.6. The van der Waals surface area contributed by atoms with Gasteiger partial charge in [0.2, 0.25) is 11.7 Å². The van der Waals surface area contributed by atoms with E-state index in [2.05, 4.69) is 20.0 Å². The number of hydrogen-bond acceptors (Lipinski definition) is 5. The zero-order chi connectivity index (χ0) is 18.6. The maximum Gasteiger partial charge on any atom is 0.471 e. The van der Waals surface area contributed by atoms with Gasteiger partial charge in [0.05, 0.1) is 0 Å². The number of imide groups is 1. The molecule has 0 aliphatic heterocycles. The van der Waals surface area contributed by atoms with Gasteiger partial charge in [0, 0.05) is 17.5 Å². The van der Waals surface area contributed by atoms with E-state index in [1.54, 1.807) is 6.92 Å². The summed E-state index contributed by atoms with van der Waals surface area (Å²) in [4.78, 5) is 27.0. The topological polar surface area (TPSA) is 85.1 Å². The van der Waals surface area contributed by atoms with Gasteiger partial charge in [-0.25, -0.2) is 0 Å². The number of nitrogens with zero attached hydrogens (tertiary/aromatic N) is 2. The highest BCUT2D eigenvalue weighted by atomic mass is 19.4. The van der Waals surface area contributed by atoms with Crippen molar-refractivity contribution in [1.82, 2.24) is 15.5 Å². The molecule has 6 nitrogen and oxygen atoms in total. The van der Waals surface area contributed by atoms with Gasteiger partial charge in [0.15, 0.2) is 0 Å². The normalized spacial score (nSPS) is 11.4. The van der Waals surface area contributed by atoms with Gasteiger partial charge in [-0.05, 0) is 30.5 Å². The van der Waals surface area contributed by atoms with Gasteiger partial charge in [-0.2, -0.15) is 18.2 Å². The summed E-state index contributed by atoms with van der Waals surface area (Å²) in [7, 11) is 0. The van der Waals surface area contributed by atoms with E-state index >= 15 is 0 Å². The molecule has 1 heterocycles. The summed E-state index contributed by atoms with van der Waals surface area (Å²) in [5.41, 5.74) is 1.11. The number of carbonyl (C=O) groups is 2. The average molecular weight is 355 g/mol. The Morgan fingerprint density at radius 2 is 1.96 bits per heavy atom. The van der Waals surface area contributed by atoms with E-state index < -0.39 is 18.0 Å². The lowest BCUT2D eigenvalue weighted by molar-refractivity contribution is -0.159. The quantitative estimate of drug-likeness (QED) is 0.889. The van der Waals surface area contributed by atoms with Crippen LogP contribution in [0.4, 0.5) is 13.2 Å². The number of aryl methyl sites for hydroxylation is 1. The number of amides is 2. The first-order chi connectivity index (χ1) is 11.8. The Morgan fingerprint density at radius 3 is 2.52 bits per heavy atom. The van der Waals surface area contributed by atoms with Crippen LogP contribution in [-0.2, 0) is 17.4 Å². The van der Waals surface area contributed by atoms with Crippen molar-refractivity contribution in [2.75, 3.05) is 0 Å². The van der Waals surface area contributed by atoms with Crippen molar-refractivity contribution in [3.05, 3.63) is 35.2 Å². The number of alkyl halides is 3. The van der Waals surface area contributed by atoms with Crippen LogP contribution in [0.1, 0.15) is 48.5 Å². The van der Waals surface area contributed by atoms with Crippen molar-refractivity contribution in [1.29, 1.82) is 0 Å². The van der Waals surface area contributed by atoms with Crippen molar-refractivity contribution < 1.29 is 27.3 Å². The number of nitrogens with one attached hydrogen (secondary N) is 1. The van der Waals surface area contributed by atoms with E-state index in [-0.39, 0.29) is 29.3 Å². The third-order valence-corrected chi connectivity index (χ3v) is 3.39. The summed E-state index contributed by atoms with van der Waals surface area (Å²) < 4.78 is 41.8. The van der Waals surface area contributed by atoms with E-state index in [9.17, 15) is 22.8 Å². The number of rotatable bonds is 5. The van der Waals surface area contributed by atoms with Crippen LogP contribution in [0.3, 0.4) is 0 Å². The molecule has 0 atom stereocenters. The molecule has 0 saturated carbocycles. The smallest absolute Gasteiger partial charge is 0.329 e. The first-order valence-electron chi connectivity index (χ1n) is 7.64. The van der Waals surface area contributed by atoms with Crippen LogP contribution < -0.4 is 5.32 Å². The van der Waals surface area contributed by atoms with Gasteiger partial charge < -0.3 is 4.52 Å². The second-order valence-corrected chi connectivity index (χ2v) is 5.27. The highest BCUT2D eigenvalue weighted by molar-refractivity contribution is 6.05. The summed E-state index contributed by atoms with van der Waals surface area (Å²) in [6.45, 7) is 3.59. The lowest BCUT2D eigenvalue weighted by Crippen LogP contribution is -2.30. The molecule has 1 N–H and O–H groups in total. The molecule has 25 heavy (non-hydrogen) atoms. The van der Waals surface area contributed by atoms with Crippen LogP contribution in [-0.4, -0.2) is 22.0 Å². The standard InChI is InChI=1S/C16H16F3N3O3/c1-3-5-12(23)20-14(24)11-7-6-10(8-9(11)4-2)13-21-15(25-22-13)16(17,18)19/h6-8H,3-5H2,1-2H3,(H,20,23,24). The van der Waals surface area contributed by atoms with Crippen molar-refractivity contribution in [2.24, 2.45) is 0 Å². The molecule has 1 aromatic carbocycles. The van der Waals surface area contributed by atoms with Gasteiger partial charge in [0.1, 0.15) is 0 Å². The number of carbonyl (C=O) groups excluding carboxylic acids is 2. The second-order valence-electron chi connectivity index (χ2n) is 5.27. The van der Waals surface area contributed by atoms with Gasteiger partial charge >= 0.3 is 12.1 Å². The highest BCUT2D eigenvalue weighted by Crippen LogP contribution is 2.30. The molecule has 0 aliphatic carbocycles. The third-order valence-electron chi connectivity index (χ3n) is 3.39. The lowest BCUT2D eigenvalue weighted by atomic mass is 10.0. The molecule has 9 heteroatoms. The van der Waals surface area contributed by atoms with Crippen LogP contribution >= 0.6 is 0 Å². The molecule has 2 rings (SSSR count). The molecule has 0 radical (unpaired) electrons. The molecule has 0 bridgehead atoms. The molecule has 0 saturated heterocycles. The summed E-state index contributed by atoms with van der Waals surface area (Å²) in [5, 5.41) is 5.59. The molecule has 1 aromatic heterocycles. The molecule has 0 fully saturated rings. The summed E-state index contributed by atoms with van der Waals surface area (Å²) in [6, 6.07) is 4.33. The molecule has 2 amide bonds. The van der Waals surface area contributed by atoms with E-state index in [1.165, 1.54) is 18.2 Å². The average Bonchev–Trinajstić information content (AvgIpc) is 3.04. The summed E-state index contributed by atoms with van der Waals surface area (Å²) in [6.07, 6.45) is -3.45. The molecular weight excluding hydrogens is 339 g/mol. The highest BCUT2D eigenvalue weighted by Gasteiger charge is 2.38. The van der Waals surface area contributed by atoms with Crippen molar-refractivity contribution in [3.8, 4) is 11.4 Å². The fourth-order valence-electron chi connectivity index (χ4n) is 2.19. The lowest BCUT2D eigenvalue weighted by Gasteiger charge is -2.09. The van der Waals surface area contributed by atoms with Crippen LogP contribution in [0, 0.1) is 0 Å². The molecule has 2 aromatic rings. The molecule has 0 aliphatic rings. The molecular formula is C16H16F3N3O3. The van der Waals surface area contributed by atoms with Gasteiger partial charge in [-0.3, -0.25) is 14.9 Å². The fraction of sp³-hybridized carbons (Fsp3) is 0.375. The van der Waals surface area contributed by atoms with E-state index in [0.29, 0.717) is 18.4 Å². The minimum absolute atomic E-state index is 0.226. The van der Waals surface area contributed by atoms with Gasteiger partial charge in [0.25, 0.3) is 5.91 Å². The van der Waals surface area contributed by atoms with Crippen LogP contribution in [0.25, 0.3) is 11.4 Å². The Kier molecular flexibility index (Phi) is 5.55. The Hall–Kier alpha value is -2.71.